The van der Waals surface area contributed by atoms with Gasteiger partial charge in [-0.3, -0.25) is 4.98 Å². The highest BCUT2D eigenvalue weighted by Crippen LogP contribution is 2.35. The van der Waals surface area contributed by atoms with Crippen LogP contribution in [0.1, 0.15) is 5.69 Å². The van der Waals surface area contributed by atoms with Gasteiger partial charge in [-0.15, -0.1) is 11.3 Å². The number of furan rings is 1. The number of thiophene rings is 1. The summed E-state index contributed by atoms with van der Waals surface area (Å²) in [6, 6.07) is 14.5. The van der Waals surface area contributed by atoms with Gasteiger partial charge >= 0.3 is 0 Å². The lowest BCUT2D eigenvalue weighted by atomic mass is 10.1. The van der Waals surface area contributed by atoms with Gasteiger partial charge in [-0.25, -0.2) is 4.98 Å². The van der Waals surface area contributed by atoms with Crippen LogP contribution < -0.4 is 0 Å². The molecule has 0 bridgehead atoms. The van der Waals surface area contributed by atoms with Gasteiger partial charge in [0, 0.05) is 28.2 Å². The normalized spacial score (nSPS) is 11.7. The molecule has 23 heavy (non-hydrogen) atoms. The molecule has 1 aromatic carbocycles. The van der Waals surface area contributed by atoms with Crippen LogP contribution in [-0.4, -0.2) is 9.97 Å². The molecule has 110 valence electrons. The van der Waals surface area contributed by atoms with Gasteiger partial charge < -0.3 is 4.42 Å². The zero-order valence-corrected chi connectivity index (χ0v) is 13.2. The molecule has 0 spiro atoms. The van der Waals surface area contributed by atoms with Crippen LogP contribution in [0.4, 0.5) is 0 Å². The van der Waals surface area contributed by atoms with Crippen LogP contribution >= 0.6 is 11.3 Å². The molecule has 0 aliphatic rings. The van der Waals surface area contributed by atoms with E-state index in [9.17, 15) is 0 Å². The first kappa shape index (κ1) is 12.8. The molecule has 0 N–H and O–H groups in total. The van der Waals surface area contributed by atoms with Gasteiger partial charge in [0.1, 0.15) is 5.58 Å². The number of pyridine rings is 2. The molecule has 0 radical (unpaired) electrons. The van der Waals surface area contributed by atoms with Gasteiger partial charge in [-0.1, -0.05) is 12.1 Å². The Morgan fingerprint density at radius 1 is 1.04 bits per heavy atom. The van der Waals surface area contributed by atoms with E-state index in [4.69, 9.17) is 4.42 Å². The summed E-state index contributed by atoms with van der Waals surface area (Å²) in [4.78, 5) is 9.12. The number of nitrogens with zero attached hydrogens (tertiary/aromatic N) is 2. The molecule has 0 aliphatic carbocycles. The fraction of sp³-hybridized carbons (Fsp3) is 0.0526. The van der Waals surface area contributed by atoms with Gasteiger partial charge in [-0.2, -0.15) is 0 Å². The third kappa shape index (κ3) is 1.88. The summed E-state index contributed by atoms with van der Waals surface area (Å²) in [6.45, 7) is 1.97. The summed E-state index contributed by atoms with van der Waals surface area (Å²) in [6.07, 6.45) is 1.93. The predicted octanol–water partition coefficient (Wildman–Crippen LogP) is 5.57. The molecular formula is C19H12N2OS. The number of hydrogen-bond donors (Lipinski definition) is 0. The molecular weight excluding hydrogens is 304 g/mol. The second-order valence-electron chi connectivity index (χ2n) is 5.62. The molecule has 0 atom stereocenters. The first-order valence-electron chi connectivity index (χ1n) is 7.42. The lowest BCUT2D eigenvalue weighted by Crippen LogP contribution is -1.83. The second-order valence-corrected chi connectivity index (χ2v) is 6.57. The molecule has 0 aliphatic heterocycles. The Bertz CT molecular complexity index is 1190. The average Bonchev–Trinajstić information content (AvgIpc) is 3.17. The van der Waals surface area contributed by atoms with Crippen molar-refractivity contribution in [2.24, 2.45) is 0 Å². The molecule has 5 rings (SSSR count). The van der Waals surface area contributed by atoms with Crippen molar-refractivity contribution in [2.45, 2.75) is 6.92 Å². The number of aromatic nitrogens is 2. The Balaban J connectivity index is 1.85. The van der Waals surface area contributed by atoms with Gasteiger partial charge in [0.05, 0.1) is 10.4 Å². The standard InChI is InChI=1S/C19H12N2OS/c1-11-5-6-14-13-3-2-4-15(18(13)22-19(14)21-11)16-9-12-7-8-23-17(12)10-20-16/h2-10H,1H3. The maximum atomic E-state index is 6.06. The third-order valence-corrected chi connectivity index (χ3v) is 4.99. The summed E-state index contributed by atoms with van der Waals surface area (Å²) in [5.41, 5.74) is 4.42. The van der Waals surface area contributed by atoms with E-state index < -0.39 is 0 Å². The summed E-state index contributed by atoms with van der Waals surface area (Å²) < 4.78 is 7.26. The van der Waals surface area contributed by atoms with Crippen LogP contribution in [-0.2, 0) is 0 Å². The highest BCUT2D eigenvalue weighted by Gasteiger charge is 2.14. The van der Waals surface area contributed by atoms with Gasteiger partial charge in [0.15, 0.2) is 0 Å². The Hall–Kier alpha value is -2.72. The fourth-order valence-electron chi connectivity index (χ4n) is 2.99. The fourth-order valence-corrected chi connectivity index (χ4v) is 3.73. The topological polar surface area (TPSA) is 38.9 Å². The largest absolute Gasteiger partial charge is 0.437 e. The molecule has 4 aromatic heterocycles. The van der Waals surface area contributed by atoms with Crippen molar-refractivity contribution < 1.29 is 4.42 Å². The maximum absolute atomic E-state index is 6.06. The Morgan fingerprint density at radius 2 is 2.00 bits per heavy atom. The minimum atomic E-state index is 0.684. The molecule has 3 nitrogen and oxygen atoms in total. The first-order chi connectivity index (χ1) is 11.3. The molecule has 0 amide bonds. The zero-order chi connectivity index (χ0) is 15.4. The minimum absolute atomic E-state index is 0.684. The number of fused-ring (bicyclic) bond motifs is 4. The van der Waals surface area contributed by atoms with E-state index in [-0.39, 0.29) is 0 Å². The van der Waals surface area contributed by atoms with E-state index >= 15 is 0 Å². The number of benzene rings is 1. The van der Waals surface area contributed by atoms with E-state index in [1.165, 1.54) is 10.1 Å². The first-order valence-corrected chi connectivity index (χ1v) is 8.30. The Morgan fingerprint density at radius 3 is 2.96 bits per heavy atom. The highest BCUT2D eigenvalue weighted by molar-refractivity contribution is 7.17. The predicted molar refractivity (Wildman–Crippen MR) is 94.9 cm³/mol. The minimum Gasteiger partial charge on any atom is -0.437 e. The summed E-state index contributed by atoms with van der Waals surface area (Å²) in [7, 11) is 0. The van der Waals surface area contributed by atoms with E-state index in [2.05, 4.69) is 45.7 Å². The number of para-hydroxylation sites is 1. The average molecular weight is 316 g/mol. The van der Waals surface area contributed by atoms with Gasteiger partial charge in [0.2, 0.25) is 5.71 Å². The highest BCUT2D eigenvalue weighted by atomic mass is 32.1. The van der Waals surface area contributed by atoms with E-state index in [1.807, 2.05) is 25.3 Å². The smallest absolute Gasteiger partial charge is 0.227 e. The van der Waals surface area contributed by atoms with Crippen LogP contribution in [0.15, 0.2) is 58.5 Å². The Labute approximate surface area is 136 Å². The molecule has 0 fully saturated rings. The van der Waals surface area contributed by atoms with Crippen molar-refractivity contribution in [2.75, 3.05) is 0 Å². The molecule has 0 saturated heterocycles. The molecule has 5 aromatic rings. The third-order valence-electron chi connectivity index (χ3n) is 4.12. The molecule has 4 heteroatoms. The van der Waals surface area contributed by atoms with E-state index in [0.717, 1.165) is 33.3 Å². The van der Waals surface area contributed by atoms with Gasteiger partial charge in [0.25, 0.3) is 0 Å². The van der Waals surface area contributed by atoms with Crippen LogP contribution in [0.3, 0.4) is 0 Å². The van der Waals surface area contributed by atoms with Crippen LogP contribution in [0, 0.1) is 6.92 Å². The summed E-state index contributed by atoms with van der Waals surface area (Å²) >= 11 is 1.70. The van der Waals surface area contributed by atoms with Crippen LogP contribution in [0.2, 0.25) is 0 Å². The monoisotopic (exact) mass is 316 g/mol. The maximum Gasteiger partial charge on any atom is 0.227 e. The van der Waals surface area contributed by atoms with Crippen molar-refractivity contribution in [3.05, 3.63) is 59.7 Å². The van der Waals surface area contributed by atoms with Crippen molar-refractivity contribution >= 4 is 43.5 Å². The second kappa shape index (κ2) is 4.64. The van der Waals surface area contributed by atoms with Crippen molar-refractivity contribution in [1.29, 1.82) is 0 Å². The molecule has 4 heterocycles. The zero-order valence-electron chi connectivity index (χ0n) is 12.4. The number of hydrogen-bond acceptors (Lipinski definition) is 4. The van der Waals surface area contributed by atoms with Crippen LogP contribution in [0.25, 0.3) is 43.4 Å². The Kier molecular flexibility index (Phi) is 2.58. The lowest BCUT2D eigenvalue weighted by molar-refractivity contribution is 0.653. The summed E-state index contributed by atoms with van der Waals surface area (Å²) in [5.74, 6) is 0. The number of aryl methyl sites for hydroxylation is 1. The molecule has 0 saturated carbocycles. The quantitative estimate of drug-likeness (QED) is 0.406. The van der Waals surface area contributed by atoms with Crippen molar-refractivity contribution in [3.63, 3.8) is 0 Å². The van der Waals surface area contributed by atoms with Crippen molar-refractivity contribution in [1.82, 2.24) is 9.97 Å². The van der Waals surface area contributed by atoms with Gasteiger partial charge in [-0.05, 0) is 48.0 Å². The van der Waals surface area contributed by atoms with E-state index in [1.54, 1.807) is 11.3 Å². The van der Waals surface area contributed by atoms with E-state index in [0.29, 0.717) is 5.71 Å². The van der Waals surface area contributed by atoms with Crippen molar-refractivity contribution in [3.8, 4) is 11.3 Å². The lowest BCUT2D eigenvalue weighted by Gasteiger charge is -2.02. The summed E-state index contributed by atoms with van der Waals surface area (Å²) in [5, 5.41) is 5.42. The van der Waals surface area contributed by atoms with Crippen LogP contribution in [0.5, 0.6) is 0 Å². The molecule has 0 unspecified atom stereocenters. The number of rotatable bonds is 1. The SMILES string of the molecule is Cc1ccc2c(n1)oc1c(-c3cc4ccsc4cn3)cccc12.